The van der Waals surface area contributed by atoms with Crippen LogP contribution in [0.15, 0.2) is 18.2 Å². The molecule has 3 nitrogen and oxygen atoms in total. The number of halogens is 4. The van der Waals surface area contributed by atoms with Crippen LogP contribution in [-0.4, -0.2) is 18.6 Å². The summed E-state index contributed by atoms with van der Waals surface area (Å²) in [5.74, 6) is -0.922. The van der Waals surface area contributed by atoms with Gasteiger partial charge in [0.15, 0.2) is 0 Å². The van der Waals surface area contributed by atoms with E-state index in [1.165, 1.54) is 4.90 Å². The van der Waals surface area contributed by atoms with Crippen LogP contribution in [0.25, 0.3) is 0 Å². The van der Waals surface area contributed by atoms with Crippen LogP contribution in [0.5, 0.6) is 0 Å². The second-order valence-corrected chi connectivity index (χ2v) is 4.29. The number of benzene rings is 1. The minimum absolute atomic E-state index is 0. The third-order valence-electron chi connectivity index (χ3n) is 2.94. The van der Waals surface area contributed by atoms with Gasteiger partial charge in [-0.1, -0.05) is 6.07 Å². The highest BCUT2D eigenvalue weighted by Gasteiger charge is 2.35. The molecule has 1 aliphatic heterocycles. The SMILES string of the molecule is Cl.Nc1cccc2c1CCCN2C(=O)CC(F)(F)F. The molecule has 1 heterocycles. The van der Waals surface area contributed by atoms with Crippen LogP contribution < -0.4 is 10.6 Å². The van der Waals surface area contributed by atoms with Gasteiger partial charge in [-0.25, -0.2) is 0 Å². The standard InChI is InChI=1S/C12H13F3N2O.ClH/c13-12(14,15)7-11(18)17-6-2-3-8-9(16)4-1-5-10(8)17;/h1,4-5H,2-3,6-7,16H2;1H. The maximum absolute atomic E-state index is 12.2. The molecule has 0 radical (unpaired) electrons. The molecule has 1 aromatic carbocycles. The third-order valence-corrected chi connectivity index (χ3v) is 2.94. The molecule has 0 aliphatic carbocycles. The molecule has 2 rings (SSSR count). The first-order chi connectivity index (χ1) is 8.38. The lowest BCUT2D eigenvalue weighted by Crippen LogP contribution is -2.38. The molecule has 0 unspecified atom stereocenters. The van der Waals surface area contributed by atoms with Crippen LogP contribution in [-0.2, 0) is 11.2 Å². The lowest BCUT2D eigenvalue weighted by molar-refractivity contribution is -0.151. The molecule has 0 fully saturated rings. The molecular formula is C12H14ClF3N2O. The van der Waals surface area contributed by atoms with Crippen molar-refractivity contribution in [2.75, 3.05) is 17.2 Å². The highest BCUT2D eigenvalue weighted by atomic mass is 35.5. The van der Waals surface area contributed by atoms with Gasteiger partial charge in [-0.05, 0) is 30.5 Å². The number of alkyl halides is 3. The van der Waals surface area contributed by atoms with Crippen LogP contribution in [0.2, 0.25) is 0 Å². The second kappa shape index (κ2) is 5.69. The van der Waals surface area contributed by atoms with E-state index in [0.29, 0.717) is 30.8 Å². The van der Waals surface area contributed by atoms with E-state index in [4.69, 9.17) is 5.73 Å². The van der Waals surface area contributed by atoms with Crippen molar-refractivity contribution in [2.45, 2.75) is 25.4 Å². The summed E-state index contributed by atoms with van der Waals surface area (Å²) in [6.45, 7) is 0.311. The van der Waals surface area contributed by atoms with E-state index in [-0.39, 0.29) is 12.4 Å². The Hall–Kier alpha value is -1.43. The predicted molar refractivity (Wildman–Crippen MR) is 69.4 cm³/mol. The van der Waals surface area contributed by atoms with Crippen molar-refractivity contribution >= 4 is 29.7 Å². The zero-order chi connectivity index (χ0) is 13.3. The number of anilines is 2. The summed E-state index contributed by atoms with van der Waals surface area (Å²) < 4.78 is 36.7. The van der Waals surface area contributed by atoms with E-state index >= 15 is 0 Å². The second-order valence-electron chi connectivity index (χ2n) is 4.29. The molecule has 0 saturated carbocycles. The highest BCUT2D eigenvalue weighted by Crippen LogP contribution is 2.33. The molecule has 1 aliphatic rings. The lowest BCUT2D eigenvalue weighted by Gasteiger charge is -2.30. The number of hydrogen-bond acceptors (Lipinski definition) is 2. The number of nitrogens with zero attached hydrogens (tertiary/aromatic N) is 1. The van der Waals surface area contributed by atoms with Crippen molar-refractivity contribution in [3.63, 3.8) is 0 Å². The first-order valence-corrected chi connectivity index (χ1v) is 5.63. The van der Waals surface area contributed by atoms with Crippen LogP contribution in [0.3, 0.4) is 0 Å². The monoisotopic (exact) mass is 294 g/mol. The third kappa shape index (κ3) is 3.53. The average Bonchev–Trinajstić information content (AvgIpc) is 2.26. The maximum atomic E-state index is 12.2. The van der Waals surface area contributed by atoms with E-state index in [0.717, 1.165) is 5.56 Å². The van der Waals surface area contributed by atoms with Crippen LogP contribution in [0.1, 0.15) is 18.4 Å². The number of nitrogen functional groups attached to an aromatic ring is 1. The minimum Gasteiger partial charge on any atom is -0.398 e. The lowest BCUT2D eigenvalue weighted by atomic mass is 9.99. The normalized spacial score (nSPS) is 14.6. The molecule has 2 N–H and O–H groups in total. The molecule has 19 heavy (non-hydrogen) atoms. The fourth-order valence-electron chi connectivity index (χ4n) is 2.18. The molecule has 0 spiro atoms. The number of carbonyl (C=O) groups is 1. The number of fused-ring (bicyclic) bond motifs is 1. The molecule has 0 bridgehead atoms. The first kappa shape index (κ1) is 15.6. The van der Waals surface area contributed by atoms with Crippen molar-refractivity contribution < 1.29 is 18.0 Å². The van der Waals surface area contributed by atoms with Gasteiger partial charge in [0.25, 0.3) is 0 Å². The number of hydrogen-bond donors (Lipinski definition) is 1. The molecular weight excluding hydrogens is 281 g/mol. The Morgan fingerprint density at radius 3 is 2.68 bits per heavy atom. The van der Waals surface area contributed by atoms with Gasteiger partial charge in [0.05, 0.1) is 0 Å². The van der Waals surface area contributed by atoms with Gasteiger partial charge in [-0.3, -0.25) is 4.79 Å². The van der Waals surface area contributed by atoms with Gasteiger partial charge in [-0.15, -0.1) is 12.4 Å². The van der Waals surface area contributed by atoms with Gasteiger partial charge in [-0.2, -0.15) is 13.2 Å². The Morgan fingerprint density at radius 2 is 2.05 bits per heavy atom. The summed E-state index contributed by atoms with van der Waals surface area (Å²) >= 11 is 0. The Bertz CT molecular complexity index is 477. The van der Waals surface area contributed by atoms with Gasteiger partial charge >= 0.3 is 6.18 Å². The fourth-order valence-corrected chi connectivity index (χ4v) is 2.18. The van der Waals surface area contributed by atoms with Crippen LogP contribution in [0, 0.1) is 0 Å². The first-order valence-electron chi connectivity index (χ1n) is 5.63. The van der Waals surface area contributed by atoms with Gasteiger partial charge in [0.1, 0.15) is 6.42 Å². The molecule has 106 valence electrons. The summed E-state index contributed by atoms with van der Waals surface area (Å²) in [6.07, 6.45) is -4.58. The zero-order valence-corrected chi connectivity index (χ0v) is 10.9. The maximum Gasteiger partial charge on any atom is 0.397 e. The van der Waals surface area contributed by atoms with Crippen molar-refractivity contribution in [1.82, 2.24) is 0 Å². The van der Waals surface area contributed by atoms with E-state index in [1.807, 2.05) is 0 Å². The Balaban J connectivity index is 0.00000180. The van der Waals surface area contributed by atoms with Gasteiger partial charge in [0, 0.05) is 17.9 Å². The van der Waals surface area contributed by atoms with E-state index in [2.05, 4.69) is 0 Å². The van der Waals surface area contributed by atoms with E-state index in [9.17, 15) is 18.0 Å². The zero-order valence-electron chi connectivity index (χ0n) is 10.0. The van der Waals surface area contributed by atoms with Crippen LogP contribution >= 0.6 is 12.4 Å². The van der Waals surface area contributed by atoms with Gasteiger partial charge in [0.2, 0.25) is 5.91 Å². The van der Waals surface area contributed by atoms with Crippen molar-refractivity contribution in [3.8, 4) is 0 Å². The molecule has 0 aromatic heterocycles. The summed E-state index contributed by atoms with van der Waals surface area (Å²) in [7, 11) is 0. The number of amides is 1. The molecule has 1 aromatic rings. The quantitative estimate of drug-likeness (QED) is 0.810. The average molecular weight is 295 g/mol. The number of nitrogens with two attached hydrogens (primary N) is 1. The van der Waals surface area contributed by atoms with Crippen molar-refractivity contribution in [3.05, 3.63) is 23.8 Å². The van der Waals surface area contributed by atoms with Crippen molar-refractivity contribution in [1.29, 1.82) is 0 Å². The summed E-state index contributed by atoms with van der Waals surface area (Å²) in [5, 5.41) is 0. The molecule has 0 saturated heterocycles. The van der Waals surface area contributed by atoms with E-state index in [1.54, 1.807) is 18.2 Å². The van der Waals surface area contributed by atoms with Crippen molar-refractivity contribution in [2.24, 2.45) is 0 Å². The molecule has 1 amide bonds. The fraction of sp³-hybridized carbons (Fsp3) is 0.417. The summed E-state index contributed by atoms with van der Waals surface area (Å²) in [6, 6.07) is 4.98. The van der Waals surface area contributed by atoms with E-state index < -0.39 is 18.5 Å². The highest BCUT2D eigenvalue weighted by molar-refractivity contribution is 5.95. The topological polar surface area (TPSA) is 46.3 Å². The number of carbonyl (C=O) groups excluding carboxylic acids is 1. The smallest absolute Gasteiger partial charge is 0.397 e. The molecule has 7 heteroatoms. The Morgan fingerprint density at radius 1 is 1.37 bits per heavy atom. The Labute approximate surface area is 115 Å². The minimum atomic E-state index is -4.48. The van der Waals surface area contributed by atoms with Crippen LogP contribution in [0.4, 0.5) is 24.5 Å². The predicted octanol–water partition coefficient (Wildman–Crippen LogP) is 2.92. The number of rotatable bonds is 1. The summed E-state index contributed by atoms with van der Waals surface area (Å²) in [5.41, 5.74) is 7.57. The Kier molecular flexibility index (Phi) is 4.68. The largest absolute Gasteiger partial charge is 0.398 e. The molecule has 0 atom stereocenters. The summed E-state index contributed by atoms with van der Waals surface area (Å²) in [4.78, 5) is 12.8. The van der Waals surface area contributed by atoms with Gasteiger partial charge < -0.3 is 10.6 Å².